The Hall–Kier alpha value is -0.570. The van der Waals surface area contributed by atoms with E-state index in [0.717, 1.165) is 13.0 Å². The summed E-state index contributed by atoms with van der Waals surface area (Å²) in [4.78, 5) is 13.8. The Morgan fingerprint density at radius 2 is 1.80 bits per heavy atom. The SMILES string of the molecule is CCC(C)N(CC)C(C)C(C)C(=O)OC. The molecule has 0 spiro atoms. The van der Waals surface area contributed by atoms with E-state index in [0.29, 0.717) is 6.04 Å². The molecule has 0 aliphatic heterocycles. The Kier molecular flexibility index (Phi) is 6.57. The van der Waals surface area contributed by atoms with Crippen molar-refractivity contribution in [2.45, 2.75) is 53.1 Å². The fourth-order valence-corrected chi connectivity index (χ4v) is 1.91. The second-order valence-electron chi connectivity index (χ2n) is 4.14. The van der Waals surface area contributed by atoms with Gasteiger partial charge in [0.25, 0.3) is 0 Å². The Bertz CT molecular complexity index is 194. The maximum atomic E-state index is 11.4. The monoisotopic (exact) mass is 215 g/mol. The van der Waals surface area contributed by atoms with Gasteiger partial charge in [-0.15, -0.1) is 0 Å². The zero-order valence-corrected chi connectivity index (χ0v) is 10.9. The number of hydrogen-bond donors (Lipinski definition) is 0. The number of methoxy groups -OCH3 is 1. The number of carbonyl (C=O) groups is 1. The van der Waals surface area contributed by atoms with Gasteiger partial charge in [-0.25, -0.2) is 0 Å². The normalized spacial score (nSPS) is 17.3. The second kappa shape index (κ2) is 6.83. The third-order valence-electron chi connectivity index (χ3n) is 3.34. The van der Waals surface area contributed by atoms with Crippen LogP contribution in [0.2, 0.25) is 0 Å². The summed E-state index contributed by atoms with van der Waals surface area (Å²) in [5.74, 6) is -0.187. The lowest BCUT2D eigenvalue weighted by atomic mass is 10.00. The van der Waals surface area contributed by atoms with Crippen molar-refractivity contribution in [2.24, 2.45) is 5.92 Å². The van der Waals surface area contributed by atoms with Crippen molar-refractivity contribution in [1.29, 1.82) is 0 Å². The Labute approximate surface area is 93.8 Å². The van der Waals surface area contributed by atoms with Crippen molar-refractivity contribution in [3.05, 3.63) is 0 Å². The van der Waals surface area contributed by atoms with Gasteiger partial charge in [0.2, 0.25) is 0 Å². The molecule has 0 N–H and O–H groups in total. The van der Waals surface area contributed by atoms with Gasteiger partial charge in [-0.2, -0.15) is 0 Å². The summed E-state index contributed by atoms with van der Waals surface area (Å²) in [6.45, 7) is 11.5. The molecule has 0 heterocycles. The maximum absolute atomic E-state index is 11.4. The Morgan fingerprint density at radius 1 is 1.27 bits per heavy atom. The van der Waals surface area contributed by atoms with Crippen LogP contribution in [0.5, 0.6) is 0 Å². The lowest BCUT2D eigenvalue weighted by molar-refractivity contribution is -0.147. The summed E-state index contributed by atoms with van der Waals surface area (Å²) >= 11 is 0. The van der Waals surface area contributed by atoms with Gasteiger partial charge in [0.05, 0.1) is 13.0 Å². The van der Waals surface area contributed by atoms with E-state index >= 15 is 0 Å². The molecule has 90 valence electrons. The van der Waals surface area contributed by atoms with E-state index in [9.17, 15) is 4.79 Å². The van der Waals surface area contributed by atoms with Crippen molar-refractivity contribution >= 4 is 5.97 Å². The molecule has 3 unspecified atom stereocenters. The summed E-state index contributed by atoms with van der Waals surface area (Å²) in [6.07, 6.45) is 1.10. The molecule has 0 aromatic heterocycles. The lowest BCUT2D eigenvalue weighted by Gasteiger charge is -2.35. The van der Waals surface area contributed by atoms with E-state index in [-0.39, 0.29) is 17.9 Å². The first-order chi connectivity index (χ1) is 6.99. The van der Waals surface area contributed by atoms with E-state index in [1.165, 1.54) is 7.11 Å². The van der Waals surface area contributed by atoms with E-state index in [4.69, 9.17) is 4.74 Å². The highest BCUT2D eigenvalue weighted by atomic mass is 16.5. The van der Waals surface area contributed by atoms with Crippen LogP contribution in [0, 0.1) is 5.92 Å². The quantitative estimate of drug-likeness (QED) is 0.637. The average Bonchev–Trinajstić information content (AvgIpc) is 2.27. The predicted molar refractivity (Wildman–Crippen MR) is 62.8 cm³/mol. The largest absolute Gasteiger partial charge is 0.469 e. The molecule has 0 aromatic rings. The van der Waals surface area contributed by atoms with Gasteiger partial charge in [0.1, 0.15) is 0 Å². The van der Waals surface area contributed by atoms with Crippen LogP contribution in [0.1, 0.15) is 41.0 Å². The molecule has 0 bridgehead atoms. The van der Waals surface area contributed by atoms with Crippen molar-refractivity contribution in [3.63, 3.8) is 0 Å². The third-order valence-corrected chi connectivity index (χ3v) is 3.34. The summed E-state index contributed by atoms with van der Waals surface area (Å²) in [6, 6.07) is 0.745. The zero-order valence-electron chi connectivity index (χ0n) is 10.9. The number of rotatable bonds is 6. The number of carbonyl (C=O) groups excluding carboxylic acids is 1. The van der Waals surface area contributed by atoms with Crippen molar-refractivity contribution < 1.29 is 9.53 Å². The van der Waals surface area contributed by atoms with Crippen LogP contribution in [0.3, 0.4) is 0 Å². The minimum absolute atomic E-state index is 0.0658. The van der Waals surface area contributed by atoms with Crippen molar-refractivity contribution in [1.82, 2.24) is 4.90 Å². The van der Waals surface area contributed by atoms with Crippen molar-refractivity contribution in [2.75, 3.05) is 13.7 Å². The van der Waals surface area contributed by atoms with Gasteiger partial charge < -0.3 is 4.74 Å². The Morgan fingerprint density at radius 3 is 2.13 bits per heavy atom. The molecular weight excluding hydrogens is 190 g/mol. The topological polar surface area (TPSA) is 29.5 Å². The molecule has 0 amide bonds. The van der Waals surface area contributed by atoms with Gasteiger partial charge in [0, 0.05) is 12.1 Å². The molecule has 0 fully saturated rings. The molecule has 0 aliphatic carbocycles. The molecule has 0 aliphatic rings. The Balaban J connectivity index is 4.49. The summed E-state index contributed by atoms with van der Waals surface area (Å²) in [5.41, 5.74) is 0. The maximum Gasteiger partial charge on any atom is 0.309 e. The van der Waals surface area contributed by atoms with E-state index < -0.39 is 0 Å². The lowest BCUT2D eigenvalue weighted by Crippen LogP contribution is -2.45. The minimum Gasteiger partial charge on any atom is -0.469 e. The average molecular weight is 215 g/mol. The number of nitrogens with zero attached hydrogens (tertiary/aromatic N) is 1. The van der Waals surface area contributed by atoms with Gasteiger partial charge in [-0.05, 0) is 26.8 Å². The van der Waals surface area contributed by atoms with Crippen LogP contribution in [-0.2, 0) is 9.53 Å². The second-order valence-corrected chi connectivity index (χ2v) is 4.14. The fourth-order valence-electron chi connectivity index (χ4n) is 1.91. The molecule has 0 saturated heterocycles. The van der Waals surface area contributed by atoms with Crippen LogP contribution in [0.4, 0.5) is 0 Å². The van der Waals surface area contributed by atoms with Gasteiger partial charge >= 0.3 is 5.97 Å². The summed E-state index contributed by atoms with van der Waals surface area (Å²) in [5, 5.41) is 0. The van der Waals surface area contributed by atoms with E-state index in [1.807, 2.05) is 6.92 Å². The minimum atomic E-state index is -0.121. The molecule has 0 saturated carbocycles. The first kappa shape index (κ1) is 14.4. The molecule has 0 aromatic carbocycles. The molecule has 0 rings (SSSR count). The van der Waals surface area contributed by atoms with Crippen LogP contribution in [-0.4, -0.2) is 36.6 Å². The van der Waals surface area contributed by atoms with Gasteiger partial charge in [-0.3, -0.25) is 9.69 Å². The first-order valence-electron chi connectivity index (χ1n) is 5.83. The number of hydrogen-bond acceptors (Lipinski definition) is 3. The highest BCUT2D eigenvalue weighted by molar-refractivity contribution is 5.72. The van der Waals surface area contributed by atoms with E-state index in [2.05, 4.69) is 32.6 Å². The highest BCUT2D eigenvalue weighted by Gasteiger charge is 2.27. The molecular formula is C12H25NO2. The smallest absolute Gasteiger partial charge is 0.309 e. The summed E-state index contributed by atoms with van der Waals surface area (Å²) < 4.78 is 4.78. The number of esters is 1. The van der Waals surface area contributed by atoms with Crippen LogP contribution in [0.15, 0.2) is 0 Å². The van der Waals surface area contributed by atoms with Crippen LogP contribution >= 0.6 is 0 Å². The zero-order chi connectivity index (χ0) is 12.0. The predicted octanol–water partition coefficient (Wildman–Crippen LogP) is 2.30. The summed E-state index contributed by atoms with van der Waals surface area (Å²) in [7, 11) is 1.45. The highest BCUT2D eigenvalue weighted by Crippen LogP contribution is 2.16. The van der Waals surface area contributed by atoms with Crippen LogP contribution < -0.4 is 0 Å². The fraction of sp³-hybridized carbons (Fsp3) is 0.917. The molecule has 3 atom stereocenters. The molecule has 3 nitrogen and oxygen atoms in total. The van der Waals surface area contributed by atoms with Crippen LogP contribution in [0.25, 0.3) is 0 Å². The molecule has 15 heavy (non-hydrogen) atoms. The van der Waals surface area contributed by atoms with Crippen molar-refractivity contribution in [3.8, 4) is 0 Å². The number of ether oxygens (including phenoxy) is 1. The molecule has 3 heteroatoms. The molecule has 0 radical (unpaired) electrons. The standard InChI is InChI=1S/C12H25NO2/c1-7-9(3)13(8-2)11(5)10(4)12(14)15-6/h9-11H,7-8H2,1-6H3. The van der Waals surface area contributed by atoms with Gasteiger partial charge in [0.15, 0.2) is 0 Å². The first-order valence-corrected chi connectivity index (χ1v) is 5.83. The van der Waals surface area contributed by atoms with Gasteiger partial charge in [-0.1, -0.05) is 20.8 Å². The third kappa shape index (κ3) is 3.82. The van der Waals surface area contributed by atoms with E-state index in [1.54, 1.807) is 0 Å².